The molecule has 0 aromatic carbocycles. The van der Waals surface area contributed by atoms with Gasteiger partial charge in [-0.05, 0) is 37.7 Å². The summed E-state index contributed by atoms with van der Waals surface area (Å²) < 4.78 is 0. The normalized spacial score (nSPS) is 21.0. The predicted molar refractivity (Wildman–Crippen MR) is 45.7 cm³/mol. The van der Waals surface area contributed by atoms with E-state index in [-0.39, 0.29) is 0 Å². The van der Waals surface area contributed by atoms with Crippen molar-refractivity contribution in [2.45, 2.75) is 32.6 Å². The highest BCUT2D eigenvalue weighted by Crippen LogP contribution is 2.43. The Morgan fingerprint density at radius 3 is 2.44 bits per heavy atom. The molecule has 0 nitrogen and oxygen atoms in total. The van der Waals surface area contributed by atoms with Crippen LogP contribution in [-0.4, -0.2) is 18.5 Å². The molecule has 9 heavy (non-hydrogen) atoms. The summed E-state index contributed by atoms with van der Waals surface area (Å²) >= 11 is 0. The quantitative estimate of drug-likeness (QED) is 0.534. The van der Waals surface area contributed by atoms with E-state index in [1.807, 2.05) is 0 Å². The van der Waals surface area contributed by atoms with Crippen LogP contribution in [0, 0.1) is 0 Å². The zero-order chi connectivity index (χ0) is 6.53. The van der Waals surface area contributed by atoms with Crippen LogP contribution in [0.25, 0.3) is 0 Å². The first-order valence-corrected chi connectivity index (χ1v) is 6.05. The van der Waals surface area contributed by atoms with Crippen LogP contribution in [0.3, 0.4) is 0 Å². The molecule has 0 amide bonds. The average molecular weight is 144 g/mol. The Hall–Kier alpha value is 0.430. The Balaban J connectivity index is 1.98. The number of hydrogen-bond acceptors (Lipinski definition) is 0. The van der Waals surface area contributed by atoms with Crippen molar-refractivity contribution in [1.29, 1.82) is 0 Å². The second-order valence-corrected chi connectivity index (χ2v) is 5.59. The minimum Gasteiger partial charge on any atom is -0.107 e. The van der Waals surface area contributed by atoms with E-state index in [1.165, 1.54) is 25.7 Å². The minimum absolute atomic E-state index is 0.549. The Kier molecular flexibility index (Phi) is 3.58. The lowest BCUT2D eigenvalue weighted by molar-refractivity contribution is 0.891. The van der Waals surface area contributed by atoms with Gasteiger partial charge in [0.25, 0.3) is 0 Å². The van der Waals surface area contributed by atoms with Crippen molar-refractivity contribution in [3.8, 4) is 0 Å². The van der Waals surface area contributed by atoms with E-state index in [0.29, 0.717) is 7.92 Å². The third-order valence-electron chi connectivity index (χ3n) is 2.03. The maximum atomic E-state index is 2.30. The molecule has 1 heterocycles. The van der Waals surface area contributed by atoms with E-state index in [1.54, 1.807) is 18.5 Å². The van der Waals surface area contributed by atoms with Crippen LogP contribution in [0.4, 0.5) is 0 Å². The van der Waals surface area contributed by atoms with Crippen molar-refractivity contribution in [1.82, 2.24) is 0 Å². The fourth-order valence-electron chi connectivity index (χ4n) is 1.39. The number of unbranched alkanes of at least 4 members (excludes halogenated alkanes) is 1. The zero-order valence-electron chi connectivity index (χ0n) is 6.40. The summed E-state index contributed by atoms with van der Waals surface area (Å²) in [6.45, 7) is 2.30. The molecule has 0 N–H and O–H groups in total. The number of rotatable bonds is 3. The molecule has 0 bridgehead atoms. The second-order valence-electron chi connectivity index (χ2n) is 2.90. The summed E-state index contributed by atoms with van der Waals surface area (Å²) in [6.07, 6.45) is 10.7. The zero-order valence-corrected chi connectivity index (χ0v) is 7.29. The van der Waals surface area contributed by atoms with Crippen LogP contribution < -0.4 is 0 Å². The summed E-state index contributed by atoms with van der Waals surface area (Å²) in [7, 11) is 0.549. The average Bonchev–Trinajstić information content (AvgIpc) is 2.34. The molecule has 0 spiro atoms. The highest BCUT2D eigenvalue weighted by atomic mass is 31.1. The molecule has 0 aliphatic carbocycles. The standard InChI is InChI=1S/C8H17P/c1-2-3-6-9-7-4-5-8-9/h2-8H2,1H3. The fourth-order valence-corrected chi connectivity index (χ4v) is 4.16. The molecule has 0 atom stereocenters. The van der Waals surface area contributed by atoms with Gasteiger partial charge in [-0.3, -0.25) is 0 Å². The van der Waals surface area contributed by atoms with Crippen molar-refractivity contribution >= 4 is 7.92 Å². The van der Waals surface area contributed by atoms with Crippen LogP contribution in [0.1, 0.15) is 32.6 Å². The summed E-state index contributed by atoms with van der Waals surface area (Å²) in [5.41, 5.74) is 0. The minimum atomic E-state index is 0.549. The van der Waals surface area contributed by atoms with Gasteiger partial charge in [-0.2, -0.15) is 0 Å². The van der Waals surface area contributed by atoms with Crippen molar-refractivity contribution < 1.29 is 0 Å². The summed E-state index contributed by atoms with van der Waals surface area (Å²) in [4.78, 5) is 0. The fraction of sp³-hybridized carbons (Fsp3) is 1.00. The van der Waals surface area contributed by atoms with Crippen LogP contribution in [0.15, 0.2) is 0 Å². The molecule has 0 aromatic rings. The molecule has 54 valence electrons. The molecule has 0 aromatic heterocycles. The van der Waals surface area contributed by atoms with E-state index in [4.69, 9.17) is 0 Å². The van der Waals surface area contributed by atoms with Gasteiger partial charge < -0.3 is 0 Å². The molecule has 1 aliphatic rings. The van der Waals surface area contributed by atoms with Crippen LogP contribution in [-0.2, 0) is 0 Å². The Bertz CT molecular complexity index is 65.0. The largest absolute Gasteiger partial charge is 0.107 e. The van der Waals surface area contributed by atoms with Gasteiger partial charge in [0.2, 0.25) is 0 Å². The van der Waals surface area contributed by atoms with E-state index in [9.17, 15) is 0 Å². The van der Waals surface area contributed by atoms with E-state index < -0.39 is 0 Å². The van der Waals surface area contributed by atoms with Gasteiger partial charge in [0.1, 0.15) is 0 Å². The van der Waals surface area contributed by atoms with Crippen LogP contribution in [0.5, 0.6) is 0 Å². The molecule has 0 radical (unpaired) electrons. The first-order chi connectivity index (χ1) is 4.43. The molecule has 1 aliphatic heterocycles. The SMILES string of the molecule is CCCCP1CCCC1. The highest BCUT2D eigenvalue weighted by Gasteiger charge is 2.12. The van der Waals surface area contributed by atoms with Gasteiger partial charge in [-0.1, -0.05) is 13.3 Å². The second kappa shape index (κ2) is 4.28. The van der Waals surface area contributed by atoms with Crippen LogP contribution in [0.2, 0.25) is 0 Å². The Morgan fingerprint density at radius 2 is 1.89 bits per heavy atom. The molecule has 1 saturated heterocycles. The van der Waals surface area contributed by atoms with Gasteiger partial charge >= 0.3 is 0 Å². The highest BCUT2D eigenvalue weighted by molar-refractivity contribution is 7.57. The summed E-state index contributed by atoms with van der Waals surface area (Å²) in [5.74, 6) is 0. The molecule has 0 saturated carbocycles. The molecule has 0 unspecified atom stereocenters. The predicted octanol–water partition coefficient (Wildman–Crippen LogP) is 3.06. The first kappa shape index (κ1) is 7.54. The molecule has 1 fully saturated rings. The topological polar surface area (TPSA) is 0 Å². The summed E-state index contributed by atoms with van der Waals surface area (Å²) in [5, 5.41) is 0. The van der Waals surface area contributed by atoms with E-state index in [2.05, 4.69) is 6.92 Å². The maximum Gasteiger partial charge on any atom is -0.0326 e. The van der Waals surface area contributed by atoms with E-state index in [0.717, 1.165) is 0 Å². The van der Waals surface area contributed by atoms with Crippen molar-refractivity contribution in [3.63, 3.8) is 0 Å². The van der Waals surface area contributed by atoms with E-state index >= 15 is 0 Å². The lowest BCUT2D eigenvalue weighted by Crippen LogP contribution is -1.84. The Labute approximate surface area is 59.8 Å². The van der Waals surface area contributed by atoms with Gasteiger partial charge in [0.05, 0.1) is 0 Å². The van der Waals surface area contributed by atoms with Gasteiger partial charge in [0.15, 0.2) is 0 Å². The lowest BCUT2D eigenvalue weighted by Gasteiger charge is -2.06. The summed E-state index contributed by atoms with van der Waals surface area (Å²) in [6, 6.07) is 0. The van der Waals surface area contributed by atoms with Crippen LogP contribution >= 0.6 is 7.92 Å². The maximum absolute atomic E-state index is 2.30. The van der Waals surface area contributed by atoms with Gasteiger partial charge in [-0.25, -0.2) is 0 Å². The Morgan fingerprint density at radius 1 is 1.22 bits per heavy atom. The number of hydrogen-bond donors (Lipinski definition) is 0. The molecular formula is C8H17P. The molecular weight excluding hydrogens is 127 g/mol. The van der Waals surface area contributed by atoms with Crippen molar-refractivity contribution in [3.05, 3.63) is 0 Å². The monoisotopic (exact) mass is 144 g/mol. The van der Waals surface area contributed by atoms with Crippen molar-refractivity contribution in [2.24, 2.45) is 0 Å². The molecule has 1 rings (SSSR count). The smallest absolute Gasteiger partial charge is 0.0326 e. The molecule has 1 heteroatoms. The van der Waals surface area contributed by atoms with Gasteiger partial charge in [-0.15, -0.1) is 7.92 Å². The third-order valence-corrected chi connectivity index (χ3v) is 4.87. The van der Waals surface area contributed by atoms with Gasteiger partial charge in [0, 0.05) is 0 Å². The third kappa shape index (κ3) is 2.67. The lowest BCUT2D eigenvalue weighted by atomic mass is 10.4. The first-order valence-electron chi connectivity index (χ1n) is 4.16. The van der Waals surface area contributed by atoms with Crippen molar-refractivity contribution in [2.75, 3.05) is 18.5 Å².